The van der Waals surface area contributed by atoms with Crippen molar-refractivity contribution >= 4 is 27.7 Å². The summed E-state index contributed by atoms with van der Waals surface area (Å²) < 4.78 is 23.6. The molecule has 0 saturated carbocycles. The van der Waals surface area contributed by atoms with Gasteiger partial charge in [0.05, 0.1) is 4.47 Å². The summed E-state index contributed by atoms with van der Waals surface area (Å²) in [4.78, 5) is 23.9. The minimum absolute atomic E-state index is 0.244. The Hall–Kier alpha value is -2.21. The van der Waals surface area contributed by atoms with Crippen LogP contribution in [0.5, 0.6) is 5.75 Å². The maximum absolute atomic E-state index is 13.0. The molecule has 1 aliphatic rings. The van der Waals surface area contributed by atoms with Gasteiger partial charge in [0.15, 0.2) is 19.0 Å². The Labute approximate surface area is 153 Å². The van der Waals surface area contributed by atoms with E-state index in [1.165, 1.54) is 29.3 Å². The number of rotatable bonds is 6. The topological polar surface area (TPSA) is 52.6 Å². The fourth-order valence-electron chi connectivity index (χ4n) is 2.75. The minimum atomic E-state index is -0.661. The molecule has 0 aromatic heterocycles. The monoisotopic (exact) mass is 406 g/mol. The molecule has 0 aliphatic heterocycles. The van der Waals surface area contributed by atoms with E-state index in [-0.39, 0.29) is 19.0 Å². The molecule has 1 aliphatic carbocycles. The van der Waals surface area contributed by atoms with Gasteiger partial charge in [-0.3, -0.25) is 4.79 Å². The summed E-state index contributed by atoms with van der Waals surface area (Å²) in [6, 6.07) is 9.48. The van der Waals surface area contributed by atoms with Crippen LogP contribution in [0.3, 0.4) is 0 Å². The maximum Gasteiger partial charge on any atom is 0.344 e. The molecule has 0 spiro atoms. The Morgan fingerprint density at radius 2 is 1.84 bits per heavy atom. The largest absolute Gasteiger partial charge is 0.481 e. The van der Waals surface area contributed by atoms with Crippen LogP contribution in [-0.4, -0.2) is 25.0 Å². The molecule has 0 bridgehead atoms. The van der Waals surface area contributed by atoms with Crippen LogP contribution >= 0.6 is 15.9 Å². The molecule has 0 radical (unpaired) electrons. The lowest BCUT2D eigenvalue weighted by Gasteiger charge is -2.09. The van der Waals surface area contributed by atoms with Gasteiger partial charge in [-0.15, -0.1) is 0 Å². The van der Waals surface area contributed by atoms with Crippen molar-refractivity contribution in [1.82, 2.24) is 0 Å². The first-order valence-electron chi connectivity index (χ1n) is 7.91. The molecule has 0 unspecified atom stereocenters. The molecule has 2 aromatic carbocycles. The first-order chi connectivity index (χ1) is 12.0. The summed E-state index contributed by atoms with van der Waals surface area (Å²) in [6.07, 6.45) is 3.14. The van der Waals surface area contributed by atoms with E-state index in [2.05, 4.69) is 15.9 Å². The molecule has 3 rings (SSSR count). The Morgan fingerprint density at radius 1 is 1.04 bits per heavy atom. The van der Waals surface area contributed by atoms with E-state index in [4.69, 9.17) is 9.47 Å². The molecule has 0 N–H and O–H groups in total. The van der Waals surface area contributed by atoms with Crippen molar-refractivity contribution in [3.63, 3.8) is 0 Å². The van der Waals surface area contributed by atoms with Gasteiger partial charge in [0.25, 0.3) is 0 Å². The highest BCUT2D eigenvalue weighted by Crippen LogP contribution is 2.25. The Morgan fingerprint density at radius 3 is 2.64 bits per heavy atom. The number of fused-ring (bicyclic) bond motifs is 1. The number of hydrogen-bond donors (Lipinski definition) is 0. The highest BCUT2D eigenvalue weighted by atomic mass is 79.9. The number of ether oxygens (including phenoxy) is 2. The van der Waals surface area contributed by atoms with E-state index < -0.39 is 11.8 Å². The average Bonchev–Trinajstić information content (AvgIpc) is 3.06. The number of hydrogen-bond acceptors (Lipinski definition) is 4. The molecule has 0 atom stereocenters. The summed E-state index contributed by atoms with van der Waals surface area (Å²) in [5.74, 6) is -0.998. The minimum Gasteiger partial charge on any atom is -0.481 e. The number of carbonyl (C=O) groups excluding carboxylic acids is 2. The van der Waals surface area contributed by atoms with Crippen LogP contribution < -0.4 is 4.74 Å². The zero-order valence-electron chi connectivity index (χ0n) is 13.4. The van der Waals surface area contributed by atoms with Crippen LogP contribution in [0.4, 0.5) is 4.39 Å². The van der Waals surface area contributed by atoms with E-state index in [0.717, 1.165) is 19.3 Å². The number of carbonyl (C=O) groups is 2. The number of esters is 1. The zero-order chi connectivity index (χ0) is 17.8. The van der Waals surface area contributed by atoms with Gasteiger partial charge in [0.1, 0.15) is 11.6 Å². The molecular weight excluding hydrogens is 391 g/mol. The Balaban J connectivity index is 1.49. The normalized spacial score (nSPS) is 12.6. The standard InChI is InChI=1S/C19H16BrFO4/c20-16-9-15(21)6-7-18(16)24-11-19(23)25-10-17(22)14-5-4-12-2-1-3-13(12)8-14/h4-9H,1-3,10-11H2. The Kier molecular flexibility index (Phi) is 5.48. The van der Waals surface area contributed by atoms with Crippen molar-refractivity contribution in [1.29, 1.82) is 0 Å². The summed E-state index contributed by atoms with van der Waals surface area (Å²) in [7, 11) is 0. The fourth-order valence-corrected chi connectivity index (χ4v) is 3.21. The van der Waals surface area contributed by atoms with Crippen LogP contribution in [0.1, 0.15) is 27.9 Å². The molecule has 4 nitrogen and oxygen atoms in total. The molecule has 25 heavy (non-hydrogen) atoms. The zero-order valence-corrected chi connectivity index (χ0v) is 15.0. The maximum atomic E-state index is 13.0. The number of halogens is 2. The summed E-state index contributed by atoms with van der Waals surface area (Å²) >= 11 is 3.14. The van der Waals surface area contributed by atoms with E-state index in [1.807, 2.05) is 12.1 Å². The third-order valence-electron chi connectivity index (χ3n) is 4.02. The summed E-state index contributed by atoms with van der Waals surface area (Å²) in [5.41, 5.74) is 3.03. The molecule has 0 fully saturated rings. The first kappa shape index (κ1) is 17.6. The van der Waals surface area contributed by atoms with Crippen LogP contribution in [0, 0.1) is 5.82 Å². The molecular formula is C19H16BrFO4. The highest BCUT2D eigenvalue weighted by molar-refractivity contribution is 9.10. The molecule has 0 heterocycles. The molecule has 0 amide bonds. The summed E-state index contributed by atoms with van der Waals surface area (Å²) in [5, 5.41) is 0. The van der Waals surface area contributed by atoms with Gasteiger partial charge in [0, 0.05) is 5.56 Å². The third-order valence-corrected chi connectivity index (χ3v) is 4.64. The van der Waals surface area contributed by atoms with E-state index in [1.54, 1.807) is 6.07 Å². The van der Waals surface area contributed by atoms with Crippen molar-refractivity contribution in [3.05, 3.63) is 63.4 Å². The van der Waals surface area contributed by atoms with Gasteiger partial charge in [-0.2, -0.15) is 0 Å². The molecule has 6 heteroatoms. The number of benzene rings is 2. The van der Waals surface area contributed by atoms with Crippen molar-refractivity contribution < 1.29 is 23.5 Å². The second-order valence-electron chi connectivity index (χ2n) is 5.78. The van der Waals surface area contributed by atoms with Crippen molar-refractivity contribution in [2.75, 3.05) is 13.2 Å². The second kappa shape index (κ2) is 7.78. The van der Waals surface area contributed by atoms with Crippen LogP contribution in [0.2, 0.25) is 0 Å². The van der Waals surface area contributed by atoms with Gasteiger partial charge in [0.2, 0.25) is 0 Å². The van der Waals surface area contributed by atoms with Crippen molar-refractivity contribution in [3.8, 4) is 5.75 Å². The van der Waals surface area contributed by atoms with Gasteiger partial charge < -0.3 is 9.47 Å². The average molecular weight is 407 g/mol. The smallest absolute Gasteiger partial charge is 0.344 e. The molecule has 2 aromatic rings. The van der Waals surface area contributed by atoms with Crippen LogP contribution in [-0.2, 0) is 22.4 Å². The van der Waals surface area contributed by atoms with Gasteiger partial charge in [-0.1, -0.05) is 12.1 Å². The van der Waals surface area contributed by atoms with E-state index >= 15 is 0 Å². The summed E-state index contributed by atoms with van der Waals surface area (Å²) in [6.45, 7) is -0.687. The molecule has 0 saturated heterocycles. The Bertz CT molecular complexity index is 819. The first-order valence-corrected chi connectivity index (χ1v) is 8.71. The van der Waals surface area contributed by atoms with Gasteiger partial charge in [-0.25, -0.2) is 9.18 Å². The van der Waals surface area contributed by atoms with E-state index in [9.17, 15) is 14.0 Å². The van der Waals surface area contributed by atoms with Crippen LogP contribution in [0.25, 0.3) is 0 Å². The van der Waals surface area contributed by atoms with Gasteiger partial charge >= 0.3 is 5.97 Å². The predicted molar refractivity (Wildman–Crippen MR) is 93.4 cm³/mol. The second-order valence-corrected chi connectivity index (χ2v) is 6.64. The van der Waals surface area contributed by atoms with E-state index in [0.29, 0.717) is 15.8 Å². The lowest BCUT2D eigenvalue weighted by atomic mass is 10.0. The third kappa shape index (κ3) is 4.45. The number of Topliss-reactive ketones (excluding diaryl/α,β-unsaturated/α-hetero) is 1. The fraction of sp³-hybridized carbons (Fsp3) is 0.263. The number of ketones is 1. The van der Waals surface area contributed by atoms with Gasteiger partial charge in [-0.05, 0) is 70.6 Å². The lowest BCUT2D eigenvalue weighted by molar-refractivity contribution is -0.144. The quantitative estimate of drug-likeness (QED) is 0.539. The SMILES string of the molecule is O=C(COc1ccc(F)cc1Br)OCC(=O)c1ccc2c(c1)CCC2. The predicted octanol–water partition coefficient (Wildman–Crippen LogP) is 3.88. The highest BCUT2D eigenvalue weighted by Gasteiger charge is 2.15. The molecule has 130 valence electrons. The van der Waals surface area contributed by atoms with Crippen molar-refractivity contribution in [2.24, 2.45) is 0 Å². The van der Waals surface area contributed by atoms with Crippen molar-refractivity contribution in [2.45, 2.75) is 19.3 Å². The number of aryl methyl sites for hydroxylation is 2. The van der Waals surface area contributed by atoms with Crippen LogP contribution in [0.15, 0.2) is 40.9 Å². The lowest BCUT2D eigenvalue weighted by Crippen LogP contribution is -2.19.